The van der Waals surface area contributed by atoms with Crippen LogP contribution in [0.5, 0.6) is 0 Å². The minimum Gasteiger partial charge on any atom is -0.394 e. The number of nitrogens with zero attached hydrogens (tertiary/aromatic N) is 3. The first-order valence-corrected chi connectivity index (χ1v) is 6.19. The molecule has 1 saturated heterocycles. The van der Waals surface area contributed by atoms with E-state index in [9.17, 15) is 15.0 Å². The quantitative estimate of drug-likeness (QED) is 0.530. The van der Waals surface area contributed by atoms with Crippen LogP contribution in [-0.2, 0) is 4.74 Å². The molecule has 0 spiro atoms. The monoisotopic (exact) mass is 281 g/mol. The Bertz CT molecular complexity index is 696. The molecule has 0 unspecified atom stereocenters. The van der Waals surface area contributed by atoms with Crippen LogP contribution in [0, 0.1) is 5.92 Å². The number of aliphatic hydroxyl groups excluding tert-OH is 2. The van der Waals surface area contributed by atoms with Crippen molar-refractivity contribution in [2.24, 2.45) is 5.92 Å². The molecule has 3 heterocycles. The number of hydrogen-bond acceptors (Lipinski definition) is 7. The zero-order chi connectivity index (χ0) is 14.4. The molecule has 9 nitrogen and oxygen atoms in total. The van der Waals surface area contributed by atoms with Crippen molar-refractivity contribution in [1.82, 2.24) is 19.5 Å². The van der Waals surface area contributed by atoms with Gasteiger partial charge in [0.25, 0.3) is 5.56 Å². The fourth-order valence-corrected chi connectivity index (χ4v) is 2.43. The normalized spacial score (nSPS) is 30.1. The number of rotatable bonds is 2. The summed E-state index contributed by atoms with van der Waals surface area (Å²) in [5.41, 5.74) is 5.42. The predicted octanol–water partition coefficient (Wildman–Crippen LogP) is -1.41. The molecule has 20 heavy (non-hydrogen) atoms. The number of ether oxygens (including phenoxy) is 1. The molecule has 1 aliphatic heterocycles. The number of anilines is 1. The Morgan fingerprint density at radius 3 is 3.00 bits per heavy atom. The molecule has 3 rings (SSSR count). The van der Waals surface area contributed by atoms with E-state index in [1.165, 1.54) is 10.9 Å². The number of nitrogen functional groups attached to an aromatic ring is 1. The van der Waals surface area contributed by atoms with Crippen LogP contribution in [0.15, 0.2) is 11.1 Å². The van der Waals surface area contributed by atoms with Gasteiger partial charge in [-0.25, -0.2) is 4.98 Å². The molecule has 0 bridgehead atoms. The Balaban J connectivity index is 2.09. The molecule has 0 saturated carbocycles. The summed E-state index contributed by atoms with van der Waals surface area (Å²) < 4.78 is 7.05. The van der Waals surface area contributed by atoms with Gasteiger partial charge in [-0.2, -0.15) is 4.98 Å². The van der Waals surface area contributed by atoms with Crippen molar-refractivity contribution < 1.29 is 14.9 Å². The van der Waals surface area contributed by atoms with E-state index in [4.69, 9.17) is 10.5 Å². The number of hydrogen-bond donors (Lipinski definition) is 4. The first-order valence-electron chi connectivity index (χ1n) is 6.19. The topological polar surface area (TPSA) is 139 Å². The highest BCUT2D eigenvalue weighted by atomic mass is 16.5. The van der Waals surface area contributed by atoms with E-state index in [0.717, 1.165) is 0 Å². The van der Waals surface area contributed by atoms with Gasteiger partial charge in [-0.15, -0.1) is 0 Å². The van der Waals surface area contributed by atoms with E-state index in [-0.39, 0.29) is 29.6 Å². The lowest BCUT2D eigenvalue weighted by atomic mass is 10.0. The van der Waals surface area contributed by atoms with Crippen LogP contribution in [-0.4, -0.2) is 48.5 Å². The summed E-state index contributed by atoms with van der Waals surface area (Å²) in [5.74, 6) is -0.287. The molecular weight excluding hydrogens is 266 g/mol. The van der Waals surface area contributed by atoms with Crippen LogP contribution >= 0.6 is 0 Å². The SMILES string of the molecule is C[C@@H]1[C@H](O)[C@@H](n2cnc3c(=O)[nH]c(N)nc32)O[C@H]1CO. The molecule has 1 aliphatic rings. The van der Waals surface area contributed by atoms with Gasteiger partial charge in [0.05, 0.1) is 19.0 Å². The van der Waals surface area contributed by atoms with Crippen molar-refractivity contribution in [2.45, 2.75) is 25.4 Å². The zero-order valence-electron chi connectivity index (χ0n) is 10.7. The summed E-state index contributed by atoms with van der Waals surface area (Å²) in [5, 5.41) is 19.4. The van der Waals surface area contributed by atoms with Gasteiger partial charge in [-0.3, -0.25) is 14.3 Å². The minimum absolute atomic E-state index is 0.0384. The Hall–Kier alpha value is -1.97. The minimum atomic E-state index is -0.841. The van der Waals surface area contributed by atoms with Gasteiger partial charge < -0.3 is 20.7 Å². The lowest BCUT2D eigenvalue weighted by Crippen LogP contribution is -2.25. The van der Waals surface area contributed by atoms with Gasteiger partial charge >= 0.3 is 0 Å². The lowest BCUT2D eigenvalue weighted by Gasteiger charge is -2.16. The number of nitrogens with two attached hydrogens (primary N) is 1. The number of aromatic amines is 1. The largest absolute Gasteiger partial charge is 0.394 e. The van der Waals surface area contributed by atoms with E-state index in [0.29, 0.717) is 0 Å². The molecule has 4 atom stereocenters. The van der Waals surface area contributed by atoms with Crippen molar-refractivity contribution in [1.29, 1.82) is 0 Å². The van der Waals surface area contributed by atoms with Crippen LogP contribution in [0.2, 0.25) is 0 Å². The number of H-pyrrole nitrogens is 1. The van der Waals surface area contributed by atoms with Crippen molar-refractivity contribution >= 4 is 17.1 Å². The van der Waals surface area contributed by atoms with Gasteiger partial charge in [-0.05, 0) is 0 Å². The average Bonchev–Trinajstić information content (AvgIpc) is 2.93. The predicted molar refractivity (Wildman–Crippen MR) is 68.7 cm³/mol. The number of imidazole rings is 1. The maximum absolute atomic E-state index is 11.7. The number of aromatic nitrogens is 4. The van der Waals surface area contributed by atoms with Crippen LogP contribution in [0.25, 0.3) is 11.2 Å². The molecule has 0 amide bonds. The number of fused-ring (bicyclic) bond motifs is 1. The summed E-state index contributed by atoms with van der Waals surface area (Å²) in [6, 6.07) is 0. The van der Waals surface area contributed by atoms with Crippen LogP contribution in [0.4, 0.5) is 5.95 Å². The molecule has 2 aromatic heterocycles. The van der Waals surface area contributed by atoms with Gasteiger partial charge in [0.2, 0.25) is 5.95 Å². The highest BCUT2D eigenvalue weighted by Crippen LogP contribution is 2.34. The summed E-state index contributed by atoms with van der Waals surface area (Å²) in [4.78, 5) is 22.0. The second kappa shape index (κ2) is 4.54. The van der Waals surface area contributed by atoms with Gasteiger partial charge in [0, 0.05) is 5.92 Å². The Labute approximate surface area is 113 Å². The second-order valence-corrected chi connectivity index (χ2v) is 4.87. The third-order valence-corrected chi connectivity index (χ3v) is 3.64. The summed E-state index contributed by atoms with van der Waals surface area (Å²) in [6.07, 6.45) is -0.716. The number of aliphatic hydroxyl groups is 2. The molecular formula is C11H15N5O4. The molecule has 0 aliphatic carbocycles. The fourth-order valence-electron chi connectivity index (χ4n) is 2.43. The molecule has 9 heteroatoms. The lowest BCUT2D eigenvalue weighted by molar-refractivity contribution is -0.0491. The first kappa shape index (κ1) is 13.0. The Kier molecular flexibility index (Phi) is 2.96. The third-order valence-electron chi connectivity index (χ3n) is 3.64. The number of nitrogens with one attached hydrogen (secondary N) is 1. The molecule has 0 radical (unpaired) electrons. The van der Waals surface area contributed by atoms with Crippen molar-refractivity contribution in [2.75, 3.05) is 12.3 Å². The Morgan fingerprint density at radius 2 is 2.35 bits per heavy atom. The van der Waals surface area contributed by atoms with E-state index in [2.05, 4.69) is 15.0 Å². The van der Waals surface area contributed by atoms with Crippen LogP contribution in [0.1, 0.15) is 13.2 Å². The van der Waals surface area contributed by atoms with Crippen LogP contribution < -0.4 is 11.3 Å². The first-order chi connectivity index (χ1) is 9.52. The molecule has 0 aromatic carbocycles. The van der Waals surface area contributed by atoms with E-state index < -0.39 is 24.0 Å². The van der Waals surface area contributed by atoms with Crippen molar-refractivity contribution in [3.8, 4) is 0 Å². The zero-order valence-corrected chi connectivity index (χ0v) is 10.7. The highest BCUT2D eigenvalue weighted by Gasteiger charge is 2.42. The van der Waals surface area contributed by atoms with E-state index >= 15 is 0 Å². The Morgan fingerprint density at radius 1 is 1.60 bits per heavy atom. The smallest absolute Gasteiger partial charge is 0.280 e. The van der Waals surface area contributed by atoms with Gasteiger partial charge in [-0.1, -0.05) is 6.92 Å². The maximum atomic E-state index is 11.7. The summed E-state index contributed by atoms with van der Waals surface area (Å²) in [6.45, 7) is 1.58. The second-order valence-electron chi connectivity index (χ2n) is 4.87. The molecule has 2 aromatic rings. The third kappa shape index (κ3) is 1.79. The molecule has 5 N–H and O–H groups in total. The van der Waals surface area contributed by atoms with Crippen molar-refractivity contribution in [3.05, 3.63) is 16.7 Å². The highest BCUT2D eigenvalue weighted by molar-refractivity contribution is 5.70. The van der Waals surface area contributed by atoms with Gasteiger partial charge in [0.15, 0.2) is 17.4 Å². The summed E-state index contributed by atoms with van der Waals surface area (Å²) in [7, 11) is 0. The standard InChI is InChI=1S/C11H15N5O4/c1-4-5(2-17)20-10(7(4)18)16-3-13-6-8(16)14-11(12)15-9(6)19/h3-5,7,10,17-18H,2H2,1H3,(H3,12,14,15,19)/t4-,5-,7-,10-/m0/s1. The average molecular weight is 281 g/mol. The van der Waals surface area contributed by atoms with Crippen molar-refractivity contribution in [3.63, 3.8) is 0 Å². The maximum Gasteiger partial charge on any atom is 0.280 e. The van der Waals surface area contributed by atoms with Gasteiger partial charge in [0.1, 0.15) is 6.10 Å². The molecule has 108 valence electrons. The molecule has 1 fully saturated rings. The fraction of sp³-hybridized carbons (Fsp3) is 0.545. The summed E-state index contributed by atoms with van der Waals surface area (Å²) >= 11 is 0. The van der Waals surface area contributed by atoms with E-state index in [1.54, 1.807) is 6.92 Å². The van der Waals surface area contributed by atoms with Crippen LogP contribution in [0.3, 0.4) is 0 Å². The van der Waals surface area contributed by atoms with E-state index in [1.807, 2.05) is 0 Å².